The summed E-state index contributed by atoms with van der Waals surface area (Å²) in [6, 6.07) is 15.4. The number of amides is 1. The molecule has 3 aromatic rings. The van der Waals surface area contributed by atoms with Crippen LogP contribution in [-0.4, -0.2) is 43.3 Å². The number of oxazole rings is 1. The minimum absolute atomic E-state index is 0. The second kappa shape index (κ2) is 10.3. The van der Waals surface area contributed by atoms with Crippen molar-refractivity contribution in [3.8, 4) is 0 Å². The smallest absolute Gasteiger partial charge is 0.407 e. The highest BCUT2D eigenvalue weighted by atomic mass is 35.5. The Morgan fingerprint density at radius 2 is 1.83 bits per heavy atom. The van der Waals surface area contributed by atoms with E-state index >= 15 is 0 Å². The number of unbranched alkanes of at least 4 members (excludes halogenated alkanes) is 1. The van der Waals surface area contributed by atoms with E-state index in [9.17, 15) is 9.59 Å². The van der Waals surface area contributed by atoms with Crippen molar-refractivity contribution >= 4 is 35.2 Å². The second-order valence-electron chi connectivity index (χ2n) is 7.27. The number of halogens is 1. The maximum absolute atomic E-state index is 12.5. The van der Waals surface area contributed by atoms with E-state index in [1.165, 1.54) is 5.56 Å². The lowest BCUT2D eigenvalue weighted by atomic mass is 10.1. The number of fused-ring (bicyclic) bond motifs is 1. The van der Waals surface area contributed by atoms with Gasteiger partial charge in [0, 0.05) is 44.5 Å². The van der Waals surface area contributed by atoms with Crippen LogP contribution in [0.15, 0.2) is 57.7 Å². The summed E-state index contributed by atoms with van der Waals surface area (Å²) in [5.74, 6) is -0.653. The average Bonchev–Trinajstić information content (AvgIpc) is 3.09. The van der Waals surface area contributed by atoms with E-state index in [1.807, 2.05) is 30.3 Å². The standard InChI is InChI=1S/C22H26N4O3.ClH/c27-21(24-11-5-4-8-17-6-2-1-3-7-17)26-19-10-9-18(16-20(19)29-22(26)28)25-14-12-23-13-15-25;/h1-3,6-7,9-10,16,23H,4-5,8,11-15H2,(H,24,27);1H. The highest BCUT2D eigenvalue weighted by Gasteiger charge is 2.18. The van der Waals surface area contributed by atoms with Crippen molar-refractivity contribution in [1.82, 2.24) is 15.2 Å². The van der Waals surface area contributed by atoms with E-state index in [2.05, 4.69) is 27.7 Å². The van der Waals surface area contributed by atoms with Crippen LogP contribution in [0.1, 0.15) is 18.4 Å². The molecule has 0 atom stereocenters. The Morgan fingerprint density at radius 1 is 1.07 bits per heavy atom. The molecule has 0 spiro atoms. The molecule has 0 radical (unpaired) electrons. The largest absolute Gasteiger partial charge is 0.428 e. The van der Waals surface area contributed by atoms with Gasteiger partial charge in [0.05, 0.1) is 0 Å². The number of aryl methyl sites for hydroxylation is 1. The van der Waals surface area contributed by atoms with Crippen molar-refractivity contribution in [2.24, 2.45) is 0 Å². The molecule has 0 aliphatic carbocycles. The van der Waals surface area contributed by atoms with Gasteiger partial charge in [0.25, 0.3) is 0 Å². The lowest BCUT2D eigenvalue weighted by Crippen LogP contribution is -2.43. The van der Waals surface area contributed by atoms with E-state index in [0.717, 1.165) is 55.7 Å². The van der Waals surface area contributed by atoms with Gasteiger partial charge in [-0.15, -0.1) is 12.4 Å². The molecule has 30 heavy (non-hydrogen) atoms. The van der Waals surface area contributed by atoms with Crippen molar-refractivity contribution in [3.63, 3.8) is 0 Å². The molecule has 2 heterocycles. The fourth-order valence-electron chi connectivity index (χ4n) is 3.69. The van der Waals surface area contributed by atoms with Crippen LogP contribution in [0.3, 0.4) is 0 Å². The van der Waals surface area contributed by atoms with Crippen molar-refractivity contribution in [1.29, 1.82) is 0 Å². The van der Waals surface area contributed by atoms with Gasteiger partial charge < -0.3 is 20.0 Å². The molecule has 2 aromatic carbocycles. The van der Waals surface area contributed by atoms with Crippen LogP contribution < -0.4 is 21.3 Å². The van der Waals surface area contributed by atoms with Crippen LogP contribution in [-0.2, 0) is 6.42 Å². The predicted molar refractivity (Wildman–Crippen MR) is 121 cm³/mol. The summed E-state index contributed by atoms with van der Waals surface area (Å²) in [6.45, 7) is 4.18. The number of rotatable bonds is 6. The molecule has 0 unspecified atom stereocenters. The first-order valence-electron chi connectivity index (χ1n) is 10.2. The first-order valence-corrected chi connectivity index (χ1v) is 10.2. The van der Waals surface area contributed by atoms with Crippen LogP contribution in [0.4, 0.5) is 10.5 Å². The van der Waals surface area contributed by atoms with Gasteiger partial charge in [0.1, 0.15) is 5.52 Å². The lowest BCUT2D eigenvalue weighted by Gasteiger charge is -2.29. The molecule has 1 amide bonds. The topological polar surface area (TPSA) is 79.5 Å². The third-order valence-electron chi connectivity index (χ3n) is 5.26. The summed E-state index contributed by atoms with van der Waals surface area (Å²) in [7, 11) is 0. The van der Waals surface area contributed by atoms with E-state index in [-0.39, 0.29) is 12.4 Å². The van der Waals surface area contributed by atoms with Gasteiger partial charge in [-0.25, -0.2) is 9.59 Å². The number of hydrogen-bond acceptors (Lipinski definition) is 5. The van der Waals surface area contributed by atoms with E-state index in [0.29, 0.717) is 17.6 Å². The van der Waals surface area contributed by atoms with Crippen molar-refractivity contribution in [2.75, 3.05) is 37.6 Å². The predicted octanol–water partition coefficient (Wildman–Crippen LogP) is 3.01. The summed E-state index contributed by atoms with van der Waals surface area (Å²) in [6.07, 6.45) is 2.79. The number of piperazine rings is 1. The lowest BCUT2D eigenvalue weighted by molar-refractivity contribution is 0.241. The Balaban J connectivity index is 0.00000256. The van der Waals surface area contributed by atoms with Crippen LogP contribution >= 0.6 is 12.4 Å². The number of nitrogens with zero attached hydrogens (tertiary/aromatic N) is 2. The number of anilines is 1. The molecule has 1 aliphatic rings. The molecule has 1 aromatic heterocycles. The zero-order valence-corrected chi connectivity index (χ0v) is 17.6. The zero-order chi connectivity index (χ0) is 20.1. The van der Waals surface area contributed by atoms with Crippen LogP contribution in [0.5, 0.6) is 0 Å². The molecule has 0 saturated carbocycles. The second-order valence-corrected chi connectivity index (χ2v) is 7.27. The molecule has 2 N–H and O–H groups in total. The van der Waals surface area contributed by atoms with E-state index in [1.54, 1.807) is 6.07 Å². The monoisotopic (exact) mass is 430 g/mol. The normalized spacial score (nSPS) is 13.8. The number of nitrogens with one attached hydrogen (secondary N) is 2. The quantitative estimate of drug-likeness (QED) is 0.588. The van der Waals surface area contributed by atoms with Crippen molar-refractivity contribution in [3.05, 3.63) is 64.6 Å². The van der Waals surface area contributed by atoms with E-state index in [4.69, 9.17) is 4.42 Å². The highest BCUT2D eigenvalue weighted by molar-refractivity contribution is 5.89. The van der Waals surface area contributed by atoms with Gasteiger partial charge in [-0.3, -0.25) is 0 Å². The number of carbonyl (C=O) groups is 1. The maximum Gasteiger partial charge on any atom is 0.428 e. The molecule has 160 valence electrons. The third kappa shape index (κ3) is 5.04. The first kappa shape index (κ1) is 21.9. The molecular formula is C22H27ClN4O3. The molecule has 1 fully saturated rings. The third-order valence-corrected chi connectivity index (χ3v) is 5.26. The summed E-state index contributed by atoms with van der Waals surface area (Å²) < 4.78 is 6.42. The fraction of sp³-hybridized carbons (Fsp3) is 0.364. The Kier molecular flexibility index (Phi) is 7.54. The number of aromatic nitrogens is 1. The van der Waals surface area contributed by atoms with Gasteiger partial charge in [-0.05, 0) is 37.0 Å². The fourth-order valence-corrected chi connectivity index (χ4v) is 3.69. The Bertz CT molecular complexity index is 1030. The molecule has 8 heteroatoms. The van der Waals surface area contributed by atoms with E-state index < -0.39 is 11.8 Å². The average molecular weight is 431 g/mol. The zero-order valence-electron chi connectivity index (χ0n) is 16.8. The minimum atomic E-state index is -0.653. The van der Waals surface area contributed by atoms with Crippen molar-refractivity contribution < 1.29 is 9.21 Å². The number of hydrogen-bond donors (Lipinski definition) is 2. The Labute approximate surface area is 181 Å². The Hall–Kier alpha value is -2.77. The van der Waals surface area contributed by atoms with Gasteiger partial charge in [0.2, 0.25) is 0 Å². The maximum atomic E-state index is 12.5. The number of carbonyl (C=O) groups excluding carboxylic acids is 1. The summed E-state index contributed by atoms with van der Waals surface area (Å²) in [5, 5.41) is 6.14. The van der Waals surface area contributed by atoms with Gasteiger partial charge >= 0.3 is 11.8 Å². The number of benzene rings is 2. The molecule has 7 nitrogen and oxygen atoms in total. The molecule has 1 aliphatic heterocycles. The minimum Gasteiger partial charge on any atom is -0.407 e. The molecular weight excluding hydrogens is 404 g/mol. The van der Waals surface area contributed by atoms with Crippen LogP contribution in [0.2, 0.25) is 0 Å². The van der Waals surface area contributed by atoms with Crippen LogP contribution in [0.25, 0.3) is 11.1 Å². The summed E-state index contributed by atoms with van der Waals surface area (Å²) in [5.41, 5.74) is 3.22. The highest BCUT2D eigenvalue weighted by Crippen LogP contribution is 2.22. The summed E-state index contributed by atoms with van der Waals surface area (Å²) >= 11 is 0. The first-order chi connectivity index (χ1) is 14.2. The van der Waals surface area contributed by atoms with Gasteiger partial charge in [-0.1, -0.05) is 30.3 Å². The SMILES string of the molecule is Cl.O=C(NCCCCc1ccccc1)n1c(=O)oc2cc(N3CCNCC3)ccc21. The van der Waals surface area contributed by atoms with Crippen molar-refractivity contribution in [2.45, 2.75) is 19.3 Å². The molecule has 0 bridgehead atoms. The van der Waals surface area contributed by atoms with Crippen LogP contribution in [0, 0.1) is 0 Å². The molecule has 1 saturated heterocycles. The summed E-state index contributed by atoms with van der Waals surface area (Å²) in [4.78, 5) is 27.0. The molecule has 4 rings (SSSR count). The van der Waals surface area contributed by atoms with Gasteiger partial charge in [0.15, 0.2) is 5.58 Å². The Morgan fingerprint density at radius 3 is 2.60 bits per heavy atom. The van der Waals surface area contributed by atoms with Gasteiger partial charge in [-0.2, -0.15) is 4.57 Å².